The van der Waals surface area contributed by atoms with Crippen molar-refractivity contribution in [3.05, 3.63) is 0 Å². The Morgan fingerprint density at radius 3 is 2.55 bits per heavy atom. The molecule has 0 aromatic heterocycles. The van der Waals surface area contributed by atoms with Gasteiger partial charge in [0, 0.05) is 19.7 Å². The highest BCUT2D eigenvalue weighted by Gasteiger charge is 2.31. The molecule has 0 aromatic rings. The standard InChI is InChI=1S/C17H34N2O/c1-3-16-6-4-5-7-17(16)19-11-8-15(9-12-19)14-18-10-13-20-2/h15-18H,3-14H2,1-2H3. The van der Waals surface area contributed by atoms with E-state index < -0.39 is 0 Å². The molecular formula is C17H34N2O. The van der Waals surface area contributed by atoms with Crippen molar-refractivity contribution in [3.63, 3.8) is 0 Å². The second-order valence-electron chi connectivity index (χ2n) is 6.70. The SMILES string of the molecule is CCC1CCCCC1N1CCC(CNCCOC)CC1. The van der Waals surface area contributed by atoms with Gasteiger partial charge in [-0.15, -0.1) is 0 Å². The zero-order chi connectivity index (χ0) is 14.2. The lowest BCUT2D eigenvalue weighted by Gasteiger charge is -2.43. The third-order valence-electron chi connectivity index (χ3n) is 5.43. The van der Waals surface area contributed by atoms with Crippen molar-refractivity contribution in [1.29, 1.82) is 0 Å². The number of ether oxygens (including phenoxy) is 1. The molecule has 1 saturated carbocycles. The van der Waals surface area contributed by atoms with Crippen LogP contribution in [0.15, 0.2) is 0 Å². The molecule has 118 valence electrons. The Balaban J connectivity index is 1.67. The first-order valence-electron chi connectivity index (χ1n) is 8.78. The van der Waals surface area contributed by atoms with Crippen molar-refractivity contribution in [2.24, 2.45) is 11.8 Å². The second kappa shape index (κ2) is 9.01. The molecule has 2 atom stereocenters. The van der Waals surface area contributed by atoms with Gasteiger partial charge in [0.25, 0.3) is 0 Å². The minimum Gasteiger partial charge on any atom is -0.383 e. The molecule has 20 heavy (non-hydrogen) atoms. The third-order valence-corrected chi connectivity index (χ3v) is 5.43. The molecule has 3 nitrogen and oxygen atoms in total. The molecule has 1 aliphatic carbocycles. The Bertz CT molecular complexity index is 251. The normalized spacial score (nSPS) is 29.7. The summed E-state index contributed by atoms with van der Waals surface area (Å²) in [4.78, 5) is 2.82. The number of hydrogen-bond donors (Lipinski definition) is 1. The van der Waals surface area contributed by atoms with Crippen molar-refractivity contribution in [2.75, 3.05) is 39.9 Å². The highest BCUT2D eigenvalue weighted by Crippen LogP contribution is 2.32. The van der Waals surface area contributed by atoms with Gasteiger partial charge >= 0.3 is 0 Å². The van der Waals surface area contributed by atoms with Crippen molar-refractivity contribution >= 4 is 0 Å². The van der Waals surface area contributed by atoms with Gasteiger partial charge in [0.1, 0.15) is 0 Å². The highest BCUT2D eigenvalue weighted by atomic mass is 16.5. The average Bonchev–Trinajstić information content (AvgIpc) is 2.52. The fraction of sp³-hybridized carbons (Fsp3) is 1.00. The summed E-state index contributed by atoms with van der Waals surface area (Å²) in [6.07, 6.45) is 9.99. The molecule has 0 amide bonds. The molecule has 2 fully saturated rings. The molecule has 1 heterocycles. The van der Waals surface area contributed by atoms with Gasteiger partial charge in [0.05, 0.1) is 6.61 Å². The van der Waals surface area contributed by atoms with Gasteiger partial charge in [-0.2, -0.15) is 0 Å². The minimum absolute atomic E-state index is 0.832. The smallest absolute Gasteiger partial charge is 0.0587 e. The Kier molecular flexibility index (Phi) is 7.32. The van der Waals surface area contributed by atoms with E-state index in [1.165, 1.54) is 64.6 Å². The maximum atomic E-state index is 5.08. The van der Waals surface area contributed by atoms with Gasteiger partial charge in [-0.3, -0.25) is 0 Å². The summed E-state index contributed by atoms with van der Waals surface area (Å²) < 4.78 is 5.08. The van der Waals surface area contributed by atoms with Crippen LogP contribution in [0.3, 0.4) is 0 Å². The topological polar surface area (TPSA) is 24.5 Å². The van der Waals surface area contributed by atoms with E-state index in [0.29, 0.717) is 0 Å². The molecule has 1 aliphatic heterocycles. The van der Waals surface area contributed by atoms with Gasteiger partial charge in [0.2, 0.25) is 0 Å². The van der Waals surface area contributed by atoms with E-state index in [9.17, 15) is 0 Å². The van der Waals surface area contributed by atoms with Crippen molar-refractivity contribution in [1.82, 2.24) is 10.2 Å². The predicted molar refractivity (Wildman–Crippen MR) is 85.1 cm³/mol. The minimum atomic E-state index is 0.832. The molecule has 2 unspecified atom stereocenters. The predicted octanol–water partition coefficient (Wildman–Crippen LogP) is 2.90. The lowest BCUT2D eigenvalue weighted by atomic mass is 9.80. The molecule has 0 spiro atoms. The number of piperidine rings is 1. The molecule has 2 rings (SSSR count). The molecule has 3 heteroatoms. The van der Waals surface area contributed by atoms with E-state index in [1.807, 2.05) is 0 Å². The Morgan fingerprint density at radius 1 is 1.10 bits per heavy atom. The molecule has 0 radical (unpaired) electrons. The van der Waals surface area contributed by atoms with E-state index in [-0.39, 0.29) is 0 Å². The summed E-state index contributed by atoms with van der Waals surface area (Å²) in [7, 11) is 1.77. The molecule has 0 bridgehead atoms. The van der Waals surface area contributed by atoms with Crippen LogP contribution in [-0.4, -0.2) is 50.8 Å². The Labute approximate surface area is 125 Å². The fourth-order valence-electron chi connectivity index (χ4n) is 4.11. The van der Waals surface area contributed by atoms with Crippen LogP contribution in [0.1, 0.15) is 51.9 Å². The first-order chi connectivity index (χ1) is 9.85. The third kappa shape index (κ3) is 4.71. The average molecular weight is 282 g/mol. The van der Waals surface area contributed by atoms with Gasteiger partial charge < -0.3 is 15.0 Å². The maximum absolute atomic E-state index is 5.08. The fourth-order valence-corrected chi connectivity index (χ4v) is 4.11. The Hall–Kier alpha value is -0.120. The summed E-state index contributed by atoms with van der Waals surface area (Å²) in [5, 5.41) is 3.53. The second-order valence-corrected chi connectivity index (χ2v) is 6.70. The van der Waals surface area contributed by atoms with Crippen LogP contribution in [0.25, 0.3) is 0 Å². The van der Waals surface area contributed by atoms with Crippen LogP contribution in [0.2, 0.25) is 0 Å². The molecule has 2 aliphatic rings. The summed E-state index contributed by atoms with van der Waals surface area (Å²) >= 11 is 0. The number of methoxy groups -OCH3 is 1. The van der Waals surface area contributed by atoms with E-state index in [0.717, 1.165) is 31.0 Å². The summed E-state index contributed by atoms with van der Waals surface area (Å²) in [6, 6.07) is 0.899. The largest absolute Gasteiger partial charge is 0.383 e. The van der Waals surface area contributed by atoms with Crippen LogP contribution >= 0.6 is 0 Å². The van der Waals surface area contributed by atoms with E-state index in [1.54, 1.807) is 7.11 Å². The first kappa shape index (κ1) is 16.3. The van der Waals surface area contributed by atoms with Gasteiger partial charge in [-0.25, -0.2) is 0 Å². The van der Waals surface area contributed by atoms with Crippen molar-refractivity contribution in [2.45, 2.75) is 57.9 Å². The zero-order valence-electron chi connectivity index (χ0n) is 13.6. The number of nitrogens with zero attached hydrogens (tertiary/aromatic N) is 1. The molecule has 1 saturated heterocycles. The molecule has 1 N–H and O–H groups in total. The van der Waals surface area contributed by atoms with Gasteiger partial charge in [-0.05, 0) is 57.2 Å². The quantitative estimate of drug-likeness (QED) is 0.727. The highest BCUT2D eigenvalue weighted by molar-refractivity contribution is 4.86. The number of hydrogen-bond acceptors (Lipinski definition) is 3. The van der Waals surface area contributed by atoms with Crippen LogP contribution in [0, 0.1) is 11.8 Å². The number of likely N-dealkylation sites (tertiary alicyclic amines) is 1. The molecular weight excluding hydrogens is 248 g/mol. The number of rotatable bonds is 7. The van der Waals surface area contributed by atoms with Gasteiger partial charge in [-0.1, -0.05) is 26.2 Å². The number of nitrogens with one attached hydrogen (secondary N) is 1. The Morgan fingerprint density at radius 2 is 1.85 bits per heavy atom. The van der Waals surface area contributed by atoms with Crippen molar-refractivity contribution < 1.29 is 4.74 Å². The van der Waals surface area contributed by atoms with E-state index in [4.69, 9.17) is 4.74 Å². The summed E-state index contributed by atoms with van der Waals surface area (Å²) in [6.45, 7) is 8.06. The van der Waals surface area contributed by atoms with Crippen LogP contribution in [-0.2, 0) is 4.74 Å². The summed E-state index contributed by atoms with van der Waals surface area (Å²) in [5.41, 5.74) is 0. The van der Waals surface area contributed by atoms with E-state index >= 15 is 0 Å². The summed E-state index contributed by atoms with van der Waals surface area (Å²) in [5.74, 6) is 1.85. The van der Waals surface area contributed by atoms with Gasteiger partial charge in [0.15, 0.2) is 0 Å². The van der Waals surface area contributed by atoms with Crippen molar-refractivity contribution in [3.8, 4) is 0 Å². The van der Waals surface area contributed by atoms with Crippen LogP contribution in [0.5, 0.6) is 0 Å². The zero-order valence-corrected chi connectivity index (χ0v) is 13.6. The first-order valence-corrected chi connectivity index (χ1v) is 8.78. The molecule has 0 aromatic carbocycles. The van der Waals surface area contributed by atoms with Crippen LogP contribution in [0.4, 0.5) is 0 Å². The monoisotopic (exact) mass is 282 g/mol. The van der Waals surface area contributed by atoms with Crippen LogP contribution < -0.4 is 5.32 Å². The maximum Gasteiger partial charge on any atom is 0.0587 e. The van der Waals surface area contributed by atoms with E-state index in [2.05, 4.69) is 17.1 Å². The lowest BCUT2D eigenvalue weighted by molar-refractivity contribution is 0.0662. The lowest BCUT2D eigenvalue weighted by Crippen LogP contribution is -2.47.